The summed E-state index contributed by atoms with van der Waals surface area (Å²) in [5, 5.41) is 0.936. The van der Waals surface area contributed by atoms with Crippen molar-refractivity contribution in [3.05, 3.63) is 40.5 Å². The second-order valence-electron chi connectivity index (χ2n) is 3.52. The summed E-state index contributed by atoms with van der Waals surface area (Å²) in [5.74, 6) is 0. The number of aromatic amines is 1. The molecule has 0 spiro atoms. The van der Waals surface area contributed by atoms with Gasteiger partial charge in [0, 0.05) is 17.5 Å². The molecule has 15 heavy (non-hydrogen) atoms. The van der Waals surface area contributed by atoms with Gasteiger partial charge in [0.1, 0.15) is 5.58 Å². The number of aryl methyl sites for hydroxylation is 1. The first kappa shape index (κ1) is 8.23. The highest BCUT2D eigenvalue weighted by molar-refractivity contribution is 5.93. The fourth-order valence-electron chi connectivity index (χ4n) is 1.75. The van der Waals surface area contributed by atoms with Crippen LogP contribution in [0.3, 0.4) is 0 Å². The summed E-state index contributed by atoms with van der Waals surface area (Å²) in [6.07, 6.45) is 1.62. The largest absolute Gasteiger partial charge is 0.423 e. The molecular weight excluding hydrogens is 192 g/mol. The minimum absolute atomic E-state index is 0.324. The van der Waals surface area contributed by atoms with Crippen LogP contribution >= 0.6 is 0 Å². The van der Waals surface area contributed by atoms with E-state index in [-0.39, 0.29) is 5.63 Å². The Morgan fingerprint density at radius 1 is 1.33 bits per heavy atom. The fourth-order valence-corrected chi connectivity index (χ4v) is 1.75. The molecule has 0 radical (unpaired) electrons. The standard InChI is InChI=1S/C11H8N2O2/c1-6-2-11(14)15-10-4-9-8(3-7(6)10)12-5-13-9/h2-5H,1H3,(H,12,13). The summed E-state index contributed by atoms with van der Waals surface area (Å²) >= 11 is 0. The summed E-state index contributed by atoms with van der Waals surface area (Å²) in [5.41, 5.74) is 2.92. The third kappa shape index (κ3) is 1.15. The Morgan fingerprint density at radius 3 is 3.07 bits per heavy atom. The number of H-pyrrole nitrogens is 1. The third-order valence-electron chi connectivity index (χ3n) is 2.49. The third-order valence-corrected chi connectivity index (χ3v) is 2.49. The second-order valence-corrected chi connectivity index (χ2v) is 3.52. The number of rotatable bonds is 0. The Hall–Kier alpha value is -2.10. The number of hydrogen-bond acceptors (Lipinski definition) is 3. The van der Waals surface area contributed by atoms with E-state index in [9.17, 15) is 4.79 Å². The second kappa shape index (κ2) is 2.70. The molecular formula is C11H8N2O2. The molecule has 0 saturated carbocycles. The van der Waals surface area contributed by atoms with Crippen LogP contribution in [0.2, 0.25) is 0 Å². The van der Waals surface area contributed by atoms with Crippen molar-refractivity contribution in [3.63, 3.8) is 0 Å². The fraction of sp³-hybridized carbons (Fsp3) is 0.0909. The van der Waals surface area contributed by atoms with Gasteiger partial charge in [-0.3, -0.25) is 0 Å². The number of imidazole rings is 1. The molecule has 4 nitrogen and oxygen atoms in total. The molecule has 1 aromatic carbocycles. The lowest BCUT2D eigenvalue weighted by molar-refractivity contribution is 0.560. The molecule has 0 saturated heterocycles. The summed E-state index contributed by atoms with van der Waals surface area (Å²) in [7, 11) is 0. The van der Waals surface area contributed by atoms with Gasteiger partial charge in [-0.15, -0.1) is 0 Å². The van der Waals surface area contributed by atoms with Crippen molar-refractivity contribution in [1.29, 1.82) is 0 Å². The van der Waals surface area contributed by atoms with Gasteiger partial charge in [-0.05, 0) is 18.6 Å². The lowest BCUT2D eigenvalue weighted by atomic mass is 10.1. The average Bonchev–Trinajstić information content (AvgIpc) is 2.61. The maximum atomic E-state index is 11.2. The van der Waals surface area contributed by atoms with Crippen LogP contribution in [-0.4, -0.2) is 9.97 Å². The lowest BCUT2D eigenvalue weighted by Gasteiger charge is -1.99. The van der Waals surface area contributed by atoms with Gasteiger partial charge >= 0.3 is 5.63 Å². The van der Waals surface area contributed by atoms with Crippen LogP contribution in [0.5, 0.6) is 0 Å². The first-order valence-corrected chi connectivity index (χ1v) is 4.61. The highest BCUT2D eigenvalue weighted by Crippen LogP contribution is 2.21. The number of benzene rings is 1. The van der Waals surface area contributed by atoms with E-state index in [1.807, 2.05) is 13.0 Å². The Labute approximate surface area is 84.6 Å². The van der Waals surface area contributed by atoms with Crippen molar-refractivity contribution >= 4 is 22.0 Å². The molecule has 0 bridgehead atoms. The lowest BCUT2D eigenvalue weighted by Crippen LogP contribution is -1.97. The van der Waals surface area contributed by atoms with E-state index < -0.39 is 0 Å². The maximum Gasteiger partial charge on any atom is 0.336 e. The molecule has 4 heteroatoms. The van der Waals surface area contributed by atoms with Gasteiger partial charge in [0.2, 0.25) is 0 Å². The van der Waals surface area contributed by atoms with Crippen LogP contribution in [-0.2, 0) is 0 Å². The van der Waals surface area contributed by atoms with Crippen LogP contribution in [0, 0.1) is 6.92 Å². The summed E-state index contributed by atoms with van der Waals surface area (Å²) < 4.78 is 5.11. The molecule has 0 atom stereocenters. The molecule has 0 aliphatic heterocycles. The van der Waals surface area contributed by atoms with Crippen LogP contribution < -0.4 is 5.63 Å². The predicted molar refractivity (Wildman–Crippen MR) is 56.9 cm³/mol. The van der Waals surface area contributed by atoms with Crippen molar-refractivity contribution in [2.45, 2.75) is 6.92 Å². The van der Waals surface area contributed by atoms with Gasteiger partial charge in [0.05, 0.1) is 17.4 Å². The Kier molecular flexibility index (Phi) is 1.48. The molecule has 0 fully saturated rings. The minimum Gasteiger partial charge on any atom is -0.423 e. The zero-order chi connectivity index (χ0) is 10.4. The monoisotopic (exact) mass is 200 g/mol. The summed E-state index contributed by atoms with van der Waals surface area (Å²) in [4.78, 5) is 18.3. The number of hydrogen-bond donors (Lipinski definition) is 1. The maximum absolute atomic E-state index is 11.2. The number of fused-ring (bicyclic) bond motifs is 2. The quantitative estimate of drug-likeness (QED) is 0.564. The van der Waals surface area contributed by atoms with Crippen LogP contribution in [0.4, 0.5) is 0 Å². The molecule has 2 aromatic heterocycles. The van der Waals surface area contributed by atoms with Crippen LogP contribution in [0.15, 0.2) is 33.7 Å². The zero-order valence-corrected chi connectivity index (χ0v) is 8.07. The Balaban J connectivity index is 2.59. The summed E-state index contributed by atoms with van der Waals surface area (Å²) in [6.45, 7) is 1.89. The summed E-state index contributed by atoms with van der Waals surface area (Å²) in [6, 6.07) is 5.20. The average molecular weight is 200 g/mol. The Bertz CT molecular complexity index is 709. The van der Waals surface area contributed by atoms with Crippen LogP contribution in [0.25, 0.3) is 22.0 Å². The van der Waals surface area contributed by atoms with Crippen molar-refractivity contribution in [2.24, 2.45) is 0 Å². The number of nitrogens with zero attached hydrogens (tertiary/aromatic N) is 1. The van der Waals surface area contributed by atoms with E-state index in [4.69, 9.17) is 4.42 Å². The molecule has 0 unspecified atom stereocenters. The molecule has 0 aliphatic carbocycles. The van der Waals surface area contributed by atoms with Gasteiger partial charge in [0.15, 0.2) is 0 Å². The molecule has 74 valence electrons. The van der Waals surface area contributed by atoms with Crippen molar-refractivity contribution in [2.75, 3.05) is 0 Å². The molecule has 1 N–H and O–H groups in total. The SMILES string of the molecule is Cc1cc(=O)oc2cc3nc[nH]c3cc12. The predicted octanol–water partition coefficient (Wildman–Crippen LogP) is 1.98. The number of nitrogens with one attached hydrogen (secondary N) is 1. The van der Waals surface area contributed by atoms with E-state index in [1.165, 1.54) is 6.07 Å². The molecule has 0 aliphatic rings. The minimum atomic E-state index is -0.324. The first-order chi connectivity index (χ1) is 7.24. The van der Waals surface area contributed by atoms with E-state index in [0.29, 0.717) is 5.58 Å². The van der Waals surface area contributed by atoms with Gasteiger partial charge in [0.25, 0.3) is 0 Å². The Morgan fingerprint density at radius 2 is 2.20 bits per heavy atom. The molecule has 0 amide bonds. The highest BCUT2D eigenvalue weighted by Gasteiger charge is 2.05. The van der Waals surface area contributed by atoms with E-state index >= 15 is 0 Å². The van der Waals surface area contributed by atoms with E-state index in [1.54, 1.807) is 12.4 Å². The topological polar surface area (TPSA) is 58.9 Å². The van der Waals surface area contributed by atoms with E-state index in [2.05, 4.69) is 9.97 Å². The van der Waals surface area contributed by atoms with Gasteiger partial charge < -0.3 is 9.40 Å². The van der Waals surface area contributed by atoms with Crippen molar-refractivity contribution in [1.82, 2.24) is 9.97 Å². The van der Waals surface area contributed by atoms with Crippen molar-refractivity contribution in [3.8, 4) is 0 Å². The van der Waals surface area contributed by atoms with E-state index in [0.717, 1.165) is 22.0 Å². The van der Waals surface area contributed by atoms with Gasteiger partial charge in [-0.1, -0.05) is 0 Å². The van der Waals surface area contributed by atoms with Crippen molar-refractivity contribution < 1.29 is 4.42 Å². The molecule has 3 rings (SSSR count). The van der Waals surface area contributed by atoms with Gasteiger partial charge in [-0.25, -0.2) is 9.78 Å². The normalized spacial score (nSPS) is 11.3. The molecule has 3 aromatic rings. The molecule has 2 heterocycles. The van der Waals surface area contributed by atoms with Crippen LogP contribution in [0.1, 0.15) is 5.56 Å². The highest BCUT2D eigenvalue weighted by atomic mass is 16.4. The number of aromatic nitrogens is 2. The first-order valence-electron chi connectivity index (χ1n) is 4.61. The van der Waals surface area contributed by atoms with Gasteiger partial charge in [-0.2, -0.15) is 0 Å². The smallest absolute Gasteiger partial charge is 0.336 e. The zero-order valence-electron chi connectivity index (χ0n) is 8.07.